The fourth-order valence-electron chi connectivity index (χ4n) is 2.16. The number of hydrogen-bond donors (Lipinski definition) is 1. The van der Waals surface area contributed by atoms with E-state index >= 15 is 0 Å². The van der Waals surface area contributed by atoms with E-state index in [9.17, 15) is 13.6 Å². The first-order chi connectivity index (χ1) is 9.02. The average molecular weight is 269 g/mol. The molecule has 0 aromatic heterocycles. The first kappa shape index (κ1) is 13.7. The highest BCUT2D eigenvalue weighted by atomic mass is 19.1. The Morgan fingerprint density at radius 3 is 2.42 bits per heavy atom. The number of halogens is 2. The van der Waals surface area contributed by atoms with E-state index in [-0.39, 0.29) is 11.3 Å². The van der Waals surface area contributed by atoms with Crippen LogP contribution in [0.3, 0.4) is 0 Å². The SMILES string of the molecule is CCN1CCN(C(=O)c2cc(F)c(N)cc2F)CC1. The summed E-state index contributed by atoms with van der Waals surface area (Å²) in [5, 5.41) is 0. The summed E-state index contributed by atoms with van der Waals surface area (Å²) in [6.45, 7) is 5.53. The van der Waals surface area contributed by atoms with Crippen LogP contribution >= 0.6 is 0 Å². The second-order valence-electron chi connectivity index (χ2n) is 4.58. The molecule has 2 rings (SSSR count). The van der Waals surface area contributed by atoms with E-state index in [0.717, 1.165) is 31.8 Å². The molecule has 0 spiro atoms. The van der Waals surface area contributed by atoms with Crippen molar-refractivity contribution in [1.29, 1.82) is 0 Å². The zero-order valence-electron chi connectivity index (χ0n) is 10.8. The molecule has 0 bridgehead atoms. The van der Waals surface area contributed by atoms with Crippen LogP contribution in [-0.2, 0) is 0 Å². The number of carbonyl (C=O) groups is 1. The summed E-state index contributed by atoms with van der Waals surface area (Å²) in [7, 11) is 0. The van der Waals surface area contributed by atoms with E-state index in [1.54, 1.807) is 4.90 Å². The van der Waals surface area contributed by atoms with Crippen LogP contribution < -0.4 is 5.73 Å². The van der Waals surface area contributed by atoms with Gasteiger partial charge in [0.05, 0.1) is 11.3 Å². The van der Waals surface area contributed by atoms with E-state index in [1.807, 2.05) is 6.92 Å². The van der Waals surface area contributed by atoms with Gasteiger partial charge in [0.15, 0.2) is 0 Å². The molecule has 1 aromatic carbocycles. The number of anilines is 1. The standard InChI is InChI=1S/C13H17F2N3O/c1-2-17-3-5-18(6-4-17)13(19)9-7-11(15)12(16)8-10(9)14/h7-8H,2-6,16H2,1H3. The van der Waals surface area contributed by atoms with Crippen LogP contribution in [0.2, 0.25) is 0 Å². The number of nitrogen functional groups attached to an aromatic ring is 1. The predicted octanol–water partition coefficient (Wildman–Crippen LogP) is 1.32. The van der Waals surface area contributed by atoms with Gasteiger partial charge in [-0.15, -0.1) is 0 Å². The molecule has 1 aromatic rings. The predicted molar refractivity (Wildman–Crippen MR) is 68.8 cm³/mol. The minimum absolute atomic E-state index is 0.253. The van der Waals surface area contributed by atoms with Crippen LogP contribution in [0.25, 0.3) is 0 Å². The number of likely N-dealkylation sites (N-methyl/N-ethyl adjacent to an activating group) is 1. The number of nitrogens with zero attached hydrogens (tertiary/aromatic N) is 2. The van der Waals surface area contributed by atoms with Crippen molar-refractivity contribution < 1.29 is 13.6 Å². The fourth-order valence-corrected chi connectivity index (χ4v) is 2.16. The molecule has 1 fully saturated rings. The van der Waals surface area contributed by atoms with Crippen LogP contribution in [-0.4, -0.2) is 48.4 Å². The third-order valence-electron chi connectivity index (χ3n) is 3.42. The third-order valence-corrected chi connectivity index (χ3v) is 3.42. The molecule has 0 aliphatic carbocycles. The van der Waals surface area contributed by atoms with Gasteiger partial charge in [-0.25, -0.2) is 8.78 Å². The Morgan fingerprint density at radius 1 is 1.21 bits per heavy atom. The zero-order chi connectivity index (χ0) is 14.0. The number of benzene rings is 1. The van der Waals surface area contributed by atoms with Gasteiger partial charge in [0.2, 0.25) is 0 Å². The summed E-state index contributed by atoms with van der Waals surface area (Å²) in [5.74, 6) is -2.02. The zero-order valence-corrected chi connectivity index (χ0v) is 10.8. The van der Waals surface area contributed by atoms with Crippen molar-refractivity contribution in [3.8, 4) is 0 Å². The first-order valence-corrected chi connectivity index (χ1v) is 6.29. The van der Waals surface area contributed by atoms with Gasteiger partial charge in [-0.05, 0) is 12.6 Å². The van der Waals surface area contributed by atoms with Gasteiger partial charge in [-0.3, -0.25) is 4.79 Å². The Balaban J connectivity index is 2.14. The largest absolute Gasteiger partial charge is 0.396 e. The summed E-state index contributed by atoms with van der Waals surface area (Å²) >= 11 is 0. The average Bonchev–Trinajstić information content (AvgIpc) is 2.42. The molecule has 6 heteroatoms. The Morgan fingerprint density at radius 2 is 1.84 bits per heavy atom. The van der Waals surface area contributed by atoms with Crippen LogP contribution in [0.4, 0.5) is 14.5 Å². The van der Waals surface area contributed by atoms with E-state index in [0.29, 0.717) is 13.1 Å². The van der Waals surface area contributed by atoms with Crippen molar-refractivity contribution in [2.45, 2.75) is 6.92 Å². The van der Waals surface area contributed by atoms with E-state index < -0.39 is 17.5 Å². The molecule has 0 radical (unpaired) electrons. The maximum absolute atomic E-state index is 13.7. The first-order valence-electron chi connectivity index (χ1n) is 6.29. The van der Waals surface area contributed by atoms with Crippen molar-refractivity contribution in [3.63, 3.8) is 0 Å². The molecule has 2 N–H and O–H groups in total. The molecule has 0 unspecified atom stereocenters. The van der Waals surface area contributed by atoms with Gasteiger partial charge < -0.3 is 15.5 Å². The molecular formula is C13H17F2N3O. The van der Waals surface area contributed by atoms with Crippen LogP contribution in [0.15, 0.2) is 12.1 Å². The number of amides is 1. The summed E-state index contributed by atoms with van der Waals surface area (Å²) < 4.78 is 27.0. The van der Waals surface area contributed by atoms with Gasteiger partial charge in [-0.1, -0.05) is 6.92 Å². The highest BCUT2D eigenvalue weighted by molar-refractivity contribution is 5.95. The summed E-state index contributed by atoms with van der Waals surface area (Å²) in [5.41, 5.74) is 4.72. The van der Waals surface area contributed by atoms with Gasteiger partial charge in [0.25, 0.3) is 5.91 Å². The lowest BCUT2D eigenvalue weighted by atomic mass is 10.1. The highest BCUT2D eigenvalue weighted by Crippen LogP contribution is 2.18. The summed E-state index contributed by atoms with van der Waals surface area (Å²) in [4.78, 5) is 15.9. The van der Waals surface area contributed by atoms with E-state index in [2.05, 4.69) is 4.90 Å². The van der Waals surface area contributed by atoms with Crippen LogP contribution in [0.1, 0.15) is 17.3 Å². The van der Waals surface area contributed by atoms with Crippen molar-refractivity contribution >= 4 is 11.6 Å². The number of nitrogens with two attached hydrogens (primary N) is 1. The fraction of sp³-hybridized carbons (Fsp3) is 0.462. The molecule has 1 aliphatic heterocycles. The lowest BCUT2D eigenvalue weighted by molar-refractivity contribution is 0.0638. The van der Waals surface area contributed by atoms with Crippen LogP contribution in [0, 0.1) is 11.6 Å². The second kappa shape index (κ2) is 5.52. The maximum atomic E-state index is 13.7. The molecule has 1 amide bonds. The Hall–Kier alpha value is -1.69. The van der Waals surface area contributed by atoms with Gasteiger partial charge >= 0.3 is 0 Å². The van der Waals surface area contributed by atoms with Gasteiger partial charge in [0.1, 0.15) is 11.6 Å². The Kier molecular flexibility index (Phi) is 3.99. The molecule has 104 valence electrons. The normalized spacial score (nSPS) is 16.7. The molecule has 1 heterocycles. The van der Waals surface area contributed by atoms with Crippen molar-refractivity contribution in [2.24, 2.45) is 0 Å². The van der Waals surface area contributed by atoms with Gasteiger partial charge in [0, 0.05) is 32.2 Å². The summed E-state index contributed by atoms with van der Waals surface area (Å²) in [6.07, 6.45) is 0. The van der Waals surface area contributed by atoms with Crippen molar-refractivity contribution in [3.05, 3.63) is 29.3 Å². The highest BCUT2D eigenvalue weighted by Gasteiger charge is 2.24. The molecular weight excluding hydrogens is 252 g/mol. The molecule has 0 atom stereocenters. The van der Waals surface area contributed by atoms with Crippen molar-refractivity contribution in [1.82, 2.24) is 9.80 Å². The van der Waals surface area contributed by atoms with Gasteiger partial charge in [-0.2, -0.15) is 0 Å². The van der Waals surface area contributed by atoms with E-state index in [1.165, 1.54) is 0 Å². The molecule has 1 saturated heterocycles. The Labute approximate surface area is 110 Å². The second-order valence-corrected chi connectivity index (χ2v) is 4.58. The molecule has 19 heavy (non-hydrogen) atoms. The minimum Gasteiger partial charge on any atom is -0.396 e. The van der Waals surface area contributed by atoms with Crippen LogP contribution in [0.5, 0.6) is 0 Å². The van der Waals surface area contributed by atoms with E-state index in [4.69, 9.17) is 5.73 Å². The minimum atomic E-state index is -0.776. The topological polar surface area (TPSA) is 49.6 Å². The number of carbonyl (C=O) groups excluding carboxylic acids is 1. The number of hydrogen-bond acceptors (Lipinski definition) is 3. The summed E-state index contributed by atoms with van der Waals surface area (Å²) in [6, 6.07) is 1.73. The van der Waals surface area contributed by atoms with Crippen molar-refractivity contribution in [2.75, 3.05) is 38.5 Å². The molecule has 1 aliphatic rings. The molecule has 0 saturated carbocycles. The lowest BCUT2D eigenvalue weighted by Gasteiger charge is -2.34. The Bertz CT molecular complexity index is 485. The number of piperazine rings is 1. The molecule has 4 nitrogen and oxygen atoms in total. The number of rotatable bonds is 2. The smallest absolute Gasteiger partial charge is 0.257 e. The lowest BCUT2D eigenvalue weighted by Crippen LogP contribution is -2.48. The third kappa shape index (κ3) is 2.84. The monoisotopic (exact) mass is 269 g/mol. The quantitative estimate of drug-likeness (QED) is 0.824. The maximum Gasteiger partial charge on any atom is 0.257 e.